The molecule has 3 rings (SSSR count). The van der Waals surface area contributed by atoms with E-state index >= 15 is 0 Å². The second-order valence-corrected chi connectivity index (χ2v) is 7.38. The molecule has 1 aliphatic carbocycles. The van der Waals surface area contributed by atoms with Crippen LogP contribution in [-0.4, -0.2) is 53.7 Å². The van der Waals surface area contributed by atoms with Gasteiger partial charge < -0.3 is 20.1 Å². The van der Waals surface area contributed by atoms with Crippen LogP contribution < -0.4 is 5.32 Å². The first-order valence-electron chi connectivity index (χ1n) is 10.0. The van der Waals surface area contributed by atoms with Crippen LogP contribution >= 0.6 is 0 Å². The van der Waals surface area contributed by atoms with Crippen LogP contribution in [0.25, 0.3) is 11.1 Å². The first-order chi connectivity index (χ1) is 14.4. The van der Waals surface area contributed by atoms with E-state index in [1.807, 2.05) is 36.4 Å². The van der Waals surface area contributed by atoms with E-state index < -0.39 is 18.1 Å². The second kappa shape index (κ2) is 9.43. The average Bonchev–Trinajstić information content (AvgIpc) is 3.04. The van der Waals surface area contributed by atoms with Crippen molar-refractivity contribution >= 4 is 18.0 Å². The van der Waals surface area contributed by atoms with E-state index in [1.54, 1.807) is 13.8 Å². The maximum atomic E-state index is 12.3. The number of nitrogens with one attached hydrogen (secondary N) is 1. The summed E-state index contributed by atoms with van der Waals surface area (Å²) in [6.07, 6.45) is -0.593. The molecule has 2 aromatic rings. The molecule has 0 radical (unpaired) electrons. The van der Waals surface area contributed by atoms with Gasteiger partial charge in [-0.1, -0.05) is 48.5 Å². The van der Waals surface area contributed by atoms with E-state index in [-0.39, 0.29) is 31.4 Å². The van der Waals surface area contributed by atoms with Crippen molar-refractivity contribution in [1.29, 1.82) is 0 Å². The van der Waals surface area contributed by atoms with Crippen molar-refractivity contribution in [3.63, 3.8) is 0 Å². The fourth-order valence-electron chi connectivity index (χ4n) is 3.82. The summed E-state index contributed by atoms with van der Waals surface area (Å²) >= 11 is 0. The number of amides is 2. The van der Waals surface area contributed by atoms with E-state index in [0.717, 1.165) is 22.3 Å². The lowest BCUT2D eigenvalue weighted by atomic mass is 9.98. The van der Waals surface area contributed by atoms with E-state index in [4.69, 9.17) is 9.84 Å². The molecule has 30 heavy (non-hydrogen) atoms. The van der Waals surface area contributed by atoms with Gasteiger partial charge in [-0.05, 0) is 36.1 Å². The van der Waals surface area contributed by atoms with Gasteiger partial charge in [-0.25, -0.2) is 4.79 Å². The standard InChI is InChI=1S/C23H26N2O5/c1-3-25(13-22(27)28)21(26)12-15(2)24-23(29)30-14-20-18-10-6-4-8-16(18)17-9-5-7-11-19(17)20/h4-11,15,20H,3,12-14H2,1-2H3,(H,24,29)(H,27,28)/t15-/m0/s1. The van der Waals surface area contributed by atoms with Crippen LogP contribution in [0.5, 0.6) is 0 Å². The number of hydrogen-bond donors (Lipinski definition) is 2. The molecule has 0 bridgehead atoms. The van der Waals surface area contributed by atoms with E-state index in [0.29, 0.717) is 6.54 Å². The topological polar surface area (TPSA) is 95.9 Å². The third-order valence-electron chi connectivity index (χ3n) is 5.25. The lowest BCUT2D eigenvalue weighted by Crippen LogP contribution is -2.41. The minimum Gasteiger partial charge on any atom is -0.480 e. The lowest BCUT2D eigenvalue weighted by Gasteiger charge is -2.21. The van der Waals surface area contributed by atoms with Gasteiger partial charge in [-0.15, -0.1) is 0 Å². The highest BCUT2D eigenvalue weighted by Gasteiger charge is 2.29. The fraction of sp³-hybridized carbons (Fsp3) is 0.348. The molecule has 0 fully saturated rings. The van der Waals surface area contributed by atoms with Crippen molar-refractivity contribution in [3.05, 3.63) is 59.7 Å². The number of likely N-dealkylation sites (N-methyl/N-ethyl adjacent to an activating group) is 1. The molecular weight excluding hydrogens is 384 g/mol. The van der Waals surface area contributed by atoms with Crippen LogP contribution in [0.2, 0.25) is 0 Å². The van der Waals surface area contributed by atoms with E-state index in [1.165, 1.54) is 4.90 Å². The maximum absolute atomic E-state index is 12.3. The number of alkyl carbamates (subject to hydrolysis) is 1. The van der Waals surface area contributed by atoms with Crippen molar-refractivity contribution in [3.8, 4) is 11.1 Å². The quantitative estimate of drug-likeness (QED) is 0.697. The van der Waals surface area contributed by atoms with Gasteiger partial charge in [0.05, 0.1) is 0 Å². The summed E-state index contributed by atoms with van der Waals surface area (Å²) in [5.74, 6) is -1.43. The van der Waals surface area contributed by atoms with Crippen molar-refractivity contribution in [2.24, 2.45) is 0 Å². The summed E-state index contributed by atoms with van der Waals surface area (Å²) in [5, 5.41) is 11.5. The van der Waals surface area contributed by atoms with Crippen LogP contribution in [-0.2, 0) is 14.3 Å². The molecule has 0 unspecified atom stereocenters. The summed E-state index contributed by atoms with van der Waals surface area (Å²) in [6.45, 7) is 3.54. The average molecular weight is 410 g/mol. The van der Waals surface area contributed by atoms with Gasteiger partial charge in [0.15, 0.2) is 0 Å². The Morgan fingerprint density at radius 1 is 1.07 bits per heavy atom. The van der Waals surface area contributed by atoms with Gasteiger partial charge in [0.2, 0.25) is 5.91 Å². The molecule has 1 aliphatic rings. The molecule has 0 saturated heterocycles. The van der Waals surface area contributed by atoms with Crippen LogP contribution in [0.1, 0.15) is 37.3 Å². The Labute approximate surface area is 175 Å². The van der Waals surface area contributed by atoms with Gasteiger partial charge in [0, 0.05) is 24.9 Å². The summed E-state index contributed by atoms with van der Waals surface area (Å²) in [7, 11) is 0. The van der Waals surface area contributed by atoms with Crippen LogP contribution in [0, 0.1) is 0 Å². The number of carboxylic acids is 1. The Bertz CT molecular complexity index is 897. The number of ether oxygens (including phenoxy) is 1. The van der Waals surface area contributed by atoms with Crippen molar-refractivity contribution in [2.75, 3.05) is 19.7 Å². The van der Waals surface area contributed by atoms with Crippen molar-refractivity contribution in [1.82, 2.24) is 10.2 Å². The predicted molar refractivity (Wildman–Crippen MR) is 112 cm³/mol. The fourth-order valence-corrected chi connectivity index (χ4v) is 3.82. The van der Waals surface area contributed by atoms with Crippen molar-refractivity contribution in [2.45, 2.75) is 32.2 Å². The van der Waals surface area contributed by atoms with Crippen LogP contribution in [0.15, 0.2) is 48.5 Å². The first kappa shape index (κ1) is 21.4. The number of fused-ring (bicyclic) bond motifs is 3. The molecule has 0 aromatic heterocycles. The Morgan fingerprint density at radius 2 is 1.63 bits per heavy atom. The highest BCUT2D eigenvalue weighted by molar-refractivity contribution is 5.82. The SMILES string of the molecule is CCN(CC(=O)O)C(=O)C[C@H](C)NC(=O)OCC1c2ccccc2-c2ccccc21. The number of carbonyl (C=O) groups is 3. The smallest absolute Gasteiger partial charge is 0.407 e. The van der Waals surface area contributed by atoms with Gasteiger partial charge in [-0.3, -0.25) is 9.59 Å². The summed E-state index contributed by atoms with van der Waals surface area (Å²) in [5.41, 5.74) is 4.56. The summed E-state index contributed by atoms with van der Waals surface area (Å²) in [6, 6.07) is 15.7. The minimum absolute atomic E-state index is 0.00527. The van der Waals surface area contributed by atoms with Gasteiger partial charge in [-0.2, -0.15) is 0 Å². The zero-order valence-electron chi connectivity index (χ0n) is 17.1. The van der Waals surface area contributed by atoms with Crippen LogP contribution in [0.3, 0.4) is 0 Å². The number of nitrogens with zero attached hydrogens (tertiary/aromatic N) is 1. The van der Waals surface area contributed by atoms with E-state index in [9.17, 15) is 14.4 Å². The molecule has 158 valence electrons. The van der Waals surface area contributed by atoms with E-state index in [2.05, 4.69) is 17.4 Å². The summed E-state index contributed by atoms with van der Waals surface area (Å²) in [4.78, 5) is 36.6. The molecule has 1 atom stereocenters. The third-order valence-corrected chi connectivity index (χ3v) is 5.25. The Balaban J connectivity index is 1.56. The lowest BCUT2D eigenvalue weighted by molar-refractivity contribution is -0.144. The minimum atomic E-state index is -1.07. The highest BCUT2D eigenvalue weighted by atomic mass is 16.5. The number of carbonyl (C=O) groups excluding carboxylic acids is 2. The van der Waals surface area contributed by atoms with Gasteiger partial charge in [0.25, 0.3) is 0 Å². The summed E-state index contributed by atoms with van der Waals surface area (Å²) < 4.78 is 5.47. The number of carboxylic acid groups (broad SMARTS) is 1. The number of hydrogen-bond acceptors (Lipinski definition) is 4. The Hall–Kier alpha value is -3.35. The Morgan fingerprint density at radius 3 is 2.17 bits per heavy atom. The number of benzene rings is 2. The molecule has 7 nitrogen and oxygen atoms in total. The largest absolute Gasteiger partial charge is 0.480 e. The molecule has 2 N–H and O–H groups in total. The number of rotatable bonds is 8. The van der Waals surface area contributed by atoms with Gasteiger partial charge >= 0.3 is 12.1 Å². The molecule has 0 aliphatic heterocycles. The predicted octanol–water partition coefficient (Wildman–Crippen LogP) is 3.24. The second-order valence-electron chi connectivity index (χ2n) is 7.38. The Kier molecular flexibility index (Phi) is 6.72. The molecule has 0 heterocycles. The molecule has 7 heteroatoms. The zero-order valence-corrected chi connectivity index (χ0v) is 17.1. The maximum Gasteiger partial charge on any atom is 0.407 e. The van der Waals surface area contributed by atoms with Crippen LogP contribution in [0.4, 0.5) is 4.79 Å². The third kappa shape index (κ3) is 4.79. The first-order valence-corrected chi connectivity index (χ1v) is 10.0. The molecule has 2 amide bonds. The normalized spacial score (nSPS) is 13.1. The zero-order chi connectivity index (χ0) is 21.7. The van der Waals surface area contributed by atoms with Gasteiger partial charge in [0.1, 0.15) is 13.2 Å². The van der Waals surface area contributed by atoms with Crippen molar-refractivity contribution < 1.29 is 24.2 Å². The molecule has 0 saturated carbocycles. The highest BCUT2D eigenvalue weighted by Crippen LogP contribution is 2.44. The molecule has 2 aromatic carbocycles. The molecular formula is C23H26N2O5. The monoisotopic (exact) mass is 410 g/mol. The molecule has 0 spiro atoms. The number of aliphatic carboxylic acids is 1.